The van der Waals surface area contributed by atoms with Crippen LogP contribution in [0, 0.1) is 0 Å². The van der Waals surface area contributed by atoms with Gasteiger partial charge in [0.1, 0.15) is 12.0 Å². The number of methoxy groups -OCH3 is 1. The van der Waals surface area contributed by atoms with Gasteiger partial charge in [0.25, 0.3) is 0 Å². The number of benzene rings is 2. The van der Waals surface area contributed by atoms with Gasteiger partial charge in [0, 0.05) is 23.9 Å². The van der Waals surface area contributed by atoms with E-state index in [1.807, 2.05) is 48.5 Å². The van der Waals surface area contributed by atoms with Crippen molar-refractivity contribution in [2.45, 2.75) is 6.42 Å². The summed E-state index contributed by atoms with van der Waals surface area (Å²) in [5.41, 5.74) is 2.83. The Hall–Kier alpha value is -2.29. The molecule has 0 unspecified atom stereocenters. The topological polar surface area (TPSA) is 38.3 Å². The first kappa shape index (κ1) is 12.2. The van der Waals surface area contributed by atoms with Gasteiger partial charge in [0.05, 0.1) is 7.11 Å². The molecule has 92 valence electrons. The van der Waals surface area contributed by atoms with Crippen molar-refractivity contribution in [3.63, 3.8) is 0 Å². The molecule has 0 saturated heterocycles. The van der Waals surface area contributed by atoms with Gasteiger partial charge in [-0.1, -0.05) is 24.3 Å². The van der Waals surface area contributed by atoms with Crippen molar-refractivity contribution in [1.29, 1.82) is 0 Å². The van der Waals surface area contributed by atoms with Crippen molar-refractivity contribution >= 4 is 17.7 Å². The summed E-state index contributed by atoms with van der Waals surface area (Å²) in [6.07, 6.45) is 1.29. The molecule has 0 amide bonds. The Morgan fingerprint density at radius 1 is 1.17 bits per heavy atom. The van der Waals surface area contributed by atoms with Crippen LogP contribution in [0.1, 0.15) is 5.56 Å². The fraction of sp³-hybridized carbons (Fsp3) is 0.133. The second kappa shape index (κ2) is 5.87. The minimum absolute atomic E-state index is 0.388. The predicted octanol–water partition coefficient (Wildman–Crippen LogP) is 3.18. The molecule has 0 saturated carbocycles. The first-order chi connectivity index (χ1) is 8.83. The molecular formula is C15H15NO2. The maximum Gasteiger partial charge on any atom is 0.124 e. The van der Waals surface area contributed by atoms with Crippen LogP contribution >= 0.6 is 0 Å². The van der Waals surface area contributed by atoms with Gasteiger partial charge in [-0.2, -0.15) is 0 Å². The molecule has 0 heterocycles. The Morgan fingerprint density at radius 2 is 1.94 bits per heavy atom. The average Bonchev–Trinajstić information content (AvgIpc) is 2.42. The number of para-hydroxylation sites is 1. The van der Waals surface area contributed by atoms with Gasteiger partial charge in [-0.25, -0.2) is 0 Å². The Kier molecular flexibility index (Phi) is 3.97. The molecule has 18 heavy (non-hydrogen) atoms. The van der Waals surface area contributed by atoms with Gasteiger partial charge in [-0.05, 0) is 23.8 Å². The summed E-state index contributed by atoms with van der Waals surface area (Å²) in [5, 5.41) is 3.29. The summed E-state index contributed by atoms with van der Waals surface area (Å²) in [4.78, 5) is 10.7. The van der Waals surface area contributed by atoms with E-state index in [9.17, 15) is 4.79 Å². The van der Waals surface area contributed by atoms with Gasteiger partial charge >= 0.3 is 0 Å². The van der Waals surface area contributed by atoms with Gasteiger partial charge < -0.3 is 14.8 Å². The third-order valence-electron chi connectivity index (χ3n) is 2.67. The van der Waals surface area contributed by atoms with Crippen molar-refractivity contribution in [3.05, 3.63) is 54.1 Å². The zero-order valence-corrected chi connectivity index (χ0v) is 10.2. The Labute approximate surface area is 106 Å². The van der Waals surface area contributed by atoms with E-state index in [2.05, 4.69) is 5.32 Å². The van der Waals surface area contributed by atoms with E-state index >= 15 is 0 Å². The largest absolute Gasteiger partial charge is 0.497 e. The zero-order valence-electron chi connectivity index (χ0n) is 10.2. The summed E-state index contributed by atoms with van der Waals surface area (Å²) < 4.78 is 5.20. The first-order valence-electron chi connectivity index (χ1n) is 5.76. The number of ether oxygens (including phenoxy) is 1. The molecule has 0 radical (unpaired) electrons. The quantitative estimate of drug-likeness (QED) is 0.817. The van der Waals surface area contributed by atoms with Crippen LogP contribution in [-0.2, 0) is 11.2 Å². The molecule has 2 rings (SSSR count). The van der Waals surface area contributed by atoms with Crippen LogP contribution in [-0.4, -0.2) is 13.4 Å². The molecule has 0 aliphatic heterocycles. The van der Waals surface area contributed by atoms with Crippen LogP contribution in [0.5, 0.6) is 5.75 Å². The number of nitrogens with one attached hydrogen (secondary N) is 1. The molecule has 3 heteroatoms. The summed E-state index contributed by atoms with van der Waals surface area (Å²) in [6, 6.07) is 15.5. The highest BCUT2D eigenvalue weighted by molar-refractivity contribution is 5.69. The van der Waals surface area contributed by atoms with Crippen molar-refractivity contribution in [2.75, 3.05) is 12.4 Å². The minimum Gasteiger partial charge on any atom is -0.497 e. The van der Waals surface area contributed by atoms with Crippen molar-refractivity contribution in [1.82, 2.24) is 0 Å². The number of carbonyl (C=O) groups excluding carboxylic acids is 1. The highest BCUT2D eigenvalue weighted by Crippen LogP contribution is 2.25. The lowest BCUT2D eigenvalue weighted by Crippen LogP contribution is -1.97. The number of carbonyl (C=O) groups is 1. The monoisotopic (exact) mass is 241 g/mol. The standard InChI is InChI=1S/C15H15NO2/c1-18-14-8-7-12(9-10-17)15(11-14)16-13-5-3-2-4-6-13/h2-8,10-11,16H,9H2,1H3. The van der Waals surface area contributed by atoms with Crippen molar-refractivity contribution in [2.24, 2.45) is 0 Å². The Morgan fingerprint density at radius 3 is 2.61 bits per heavy atom. The van der Waals surface area contributed by atoms with Crippen LogP contribution in [0.3, 0.4) is 0 Å². The molecule has 2 aromatic rings. The Bertz CT molecular complexity index is 523. The lowest BCUT2D eigenvalue weighted by Gasteiger charge is -2.12. The molecular weight excluding hydrogens is 226 g/mol. The zero-order chi connectivity index (χ0) is 12.8. The Balaban J connectivity index is 2.31. The number of anilines is 2. The number of rotatable bonds is 5. The molecule has 0 aliphatic rings. The van der Waals surface area contributed by atoms with E-state index in [4.69, 9.17) is 4.74 Å². The van der Waals surface area contributed by atoms with E-state index in [-0.39, 0.29) is 0 Å². The minimum atomic E-state index is 0.388. The summed E-state index contributed by atoms with van der Waals surface area (Å²) >= 11 is 0. The number of hydrogen-bond acceptors (Lipinski definition) is 3. The molecule has 2 aromatic carbocycles. The fourth-order valence-electron chi connectivity index (χ4n) is 1.74. The molecule has 0 aliphatic carbocycles. The SMILES string of the molecule is COc1ccc(CC=O)c(Nc2ccccc2)c1. The van der Waals surface area contributed by atoms with Crippen LogP contribution in [0.25, 0.3) is 0 Å². The van der Waals surface area contributed by atoms with Crippen LogP contribution in [0.15, 0.2) is 48.5 Å². The summed E-state index contributed by atoms with van der Waals surface area (Å²) in [7, 11) is 1.63. The number of aldehydes is 1. The van der Waals surface area contributed by atoms with E-state index in [0.29, 0.717) is 6.42 Å². The molecule has 0 spiro atoms. The van der Waals surface area contributed by atoms with E-state index in [1.165, 1.54) is 0 Å². The van der Waals surface area contributed by atoms with Crippen molar-refractivity contribution in [3.8, 4) is 5.75 Å². The third-order valence-corrected chi connectivity index (χ3v) is 2.67. The second-order valence-corrected chi connectivity index (χ2v) is 3.88. The van der Waals surface area contributed by atoms with Gasteiger partial charge in [-0.3, -0.25) is 0 Å². The highest BCUT2D eigenvalue weighted by atomic mass is 16.5. The lowest BCUT2D eigenvalue weighted by atomic mass is 10.1. The molecule has 0 aromatic heterocycles. The molecule has 0 atom stereocenters. The summed E-state index contributed by atoms with van der Waals surface area (Å²) in [6.45, 7) is 0. The predicted molar refractivity (Wildman–Crippen MR) is 72.5 cm³/mol. The van der Waals surface area contributed by atoms with E-state index < -0.39 is 0 Å². The van der Waals surface area contributed by atoms with Crippen LogP contribution < -0.4 is 10.1 Å². The van der Waals surface area contributed by atoms with Gasteiger partial charge in [0.2, 0.25) is 0 Å². The maximum atomic E-state index is 10.7. The van der Waals surface area contributed by atoms with Gasteiger partial charge in [-0.15, -0.1) is 0 Å². The third kappa shape index (κ3) is 2.88. The number of hydrogen-bond donors (Lipinski definition) is 1. The fourth-order valence-corrected chi connectivity index (χ4v) is 1.74. The summed E-state index contributed by atoms with van der Waals surface area (Å²) in [5.74, 6) is 0.767. The highest BCUT2D eigenvalue weighted by Gasteiger charge is 2.04. The smallest absolute Gasteiger partial charge is 0.124 e. The maximum absolute atomic E-state index is 10.7. The molecule has 1 N–H and O–H groups in total. The van der Waals surface area contributed by atoms with E-state index in [1.54, 1.807) is 7.11 Å². The van der Waals surface area contributed by atoms with Gasteiger partial charge in [0.15, 0.2) is 0 Å². The van der Waals surface area contributed by atoms with Crippen LogP contribution in [0.2, 0.25) is 0 Å². The molecule has 3 nitrogen and oxygen atoms in total. The lowest BCUT2D eigenvalue weighted by molar-refractivity contribution is -0.107. The first-order valence-corrected chi connectivity index (χ1v) is 5.76. The van der Waals surface area contributed by atoms with Crippen LogP contribution in [0.4, 0.5) is 11.4 Å². The molecule has 0 bridgehead atoms. The van der Waals surface area contributed by atoms with E-state index in [0.717, 1.165) is 29.0 Å². The normalized spacial score (nSPS) is 9.83. The van der Waals surface area contributed by atoms with Crippen molar-refractivity contribution < 1.29 is 9.53 Å². The molecule has 0 fully saturated rings. The second-order valence-electron chi connectivity index (χ2n) is 3.88. The average molecular weight is 241 g/mol.